The largest absolute Gasteiger partial charge is 0.481 e. The van der Waals surface area contributed by atoms with Crippen molar-refractivity contribution in [2.75, 3.05) is 0 Å². The van der Waals surface area contributed by atoms with Crippen LogP contribution in [-0.2, 0) is 16.6 Å². The van der Waals surface area contributed by atoms with Gasteiger partial charge >= 0.3 is 5.97 Å². The topological polar surface area (TPSA) is 37.3 Å². The number of rotatable bonds is 2. The van der Waals surface area contributed by atoms with Crippen LogP contribution in [-0.4, -0.2) is 11.1 Å². The normalized spacial score (nSPS) is 33.7. The Labute approximate surface area is 133 Å². The third-order valence-corrected chi connectivity index (χ3v) is 6.33. The second kappa shape index (κ2) is 4.97. The third kappa shape index (κ3) is 2.04. The van der Waals surface area contributed by atoms with Crippen molar-refractivity contribution in [3.63, 3.8) is 0 Å². The SMILES string of the molecule is C=C(C)c1ccc2c(c1)CCC1C(C)(C(=O)O)CCCC21C. The highest BCUT2D eigenvalue weighted by atomic mass is 16.4. The maximum atomic E-state index is 11.9. The summed E-state index contributed by atoms with van der Waals surface area (Å²) >= 11 is 0. The summed E-state index contributed by atoms with van der Waals surface area (Å²) < 4.78 is 0. The summed E-state index contributed by atoms with van der Waals surface area (Å²) in [5.74, 6) is -0.389. The summed E-state index contributed by atoms with van der Waals surface area (Å²) in [7, 11) is 0. The van der Waals surface area contributed by atoms with Crippen molar-refractivity contribution in [2.45, 2.75) is 58.3 Å². The zero-order chi connectivity index (χ0) is 16.1. The molecular weight excluding hydrogens is 272 g/mol. The number of benzene rings is 1. The third-order valence-electron chi connectivity index (χ3n) is 6.33. The first kappa shape index (κ1) is 15.3. The van der Waals surface area contributed by atoms with Gasteiger partial charge in [0, 0.05) is 0 Å². The molecule has 0 aromatic heterocycles. The molecule has 2 aliphatic carbocycles. The quantitative estimate of drug-likeness (QED) is 0.850. The monoisotopic (exact) mass is 298 g/mol. The molecule has 0 bridgehead atoms. The predicted molar refractivity (Wildman–Crippen MR) is 89.9 cm³/mol. The second-order valence-corrected chi connectivity index (χ2v) is 7.74. The van der Waals surface area contributed by atoms with E-state index in [-0.39, 0.29) is 11.3 Å². The van der Waals surface area contributed by atoms with Gasteiger partial charge < -0.3 is 5.11 Å². The lowest BCUT2D eigenvalue weighted by atomic mass is 9.50. The smallest absolute Gasteiger partial charge is 0.309 e. The van der Waals surface area contributed by atoms with Gasteiger partial charge in [0.25, 0.3) is 0 Å². The fourth-order valence-electron chi connectivity index (χ4n) is 5.01. The van der Waals surface area contributed by atoms with Crippen LogP contribution < -0.4 is 0 Å². The van der Waals surface area contributed by atoms with Gasteiger partial charge in [-0.15, -0.1) is 0 Å². The van der Waals surface area contributed by atoms with E-state index >= 15 is 0 Å². The van der Waals surface area contributed by atoms with E-state index in [2.05, 4.69) is 31.7 Å². The number of allylic oxidation sites excluding steroid dienone is 1. The Bertz CT molecular complexity index is 645. The van der Waals surface area contributed by atoms with E-state index in [0.717, 1.165) is 37.7 Å². The van der Waals surface area contributed by atoms with Crippen LogP contribution in [0.3, 0.4) is 0 Å². The zero-order valence-corrected chi connectivity index (χ0v) is 13.9. The predicted octanol–water partition coefficient (Wildman–Crippen LogP) is 4.81. The lowest BCUT2D eigenvalue weighted by Gasteiger charge is -2.53. The molecule has 22 heavy (non-hydrogen) atoms. The first-order chi connectivity index (χ1) is 10.3. The van der Waals surface area contributed by atoms with E-state index in [9.17, 15) is 9.90 Å². The summed E-state index contributed by atoms with van der Waals surface area (Å²) in [5.41, 5.74) is 4.48. The van der Waals surface area contributed by atoms with Crippen molar-refractivity contribution in [1.29, 1.82) is 0 Å². The first-order valence-electron chi connectivity index (χ1n) is 8.32. The van der Waals surface area contributed by atoms with Crippen LogP contribution in [0.4, 0.5) is 0 Å². The number of fused-ring (bicyclic) bond motifs is 3. The van der Waals surface area contributed by atoms with E-state index in [1.54, 1.807) is 0 Å². The highest BCUT2D eigenvalue weighted by Crippen LogP contribution is 2.57. The highest BCUT2D eigenvalue weighted by molar-refractivity contribution is 5.75. The van der Waals surface area contributed by atoms with Gasteiger partial charge in [-0.2, -0.15) is 0 Å². The molecule has 0 saturated heterocycles. The Morgan fingerprint density at radius 1 is 1.32 bits per heavy atom. The summed E-state index contributed by atoms with van der Waals surface area (Å²) in [6.07, 6.45) is 4.87. The standard InChI is InChI=1S/C20H26O2/c1-13(2)14-6-8-16-15(12-14)7-9-17-19(16,3)10-5-11-20(17,4)18(21)22/h6,8,12,17H,1,5,7,9-11H2,2-4H3,(H,21,22). The number of carboxylic acid groups (broad SMARTS) is 1. The number of hydrogen-bond acceptors (Lipinski definition) is 1. The molecule has 2 heteroatoms. The Morgan fingerprint density at radius 3 is 2.68 bits per heavy atom. The average Bonchev–Trinajstić information content (AvgIpc) is 2.46. The molecule has 0 spiro atoms. The molecule has 2 nitrogen and oxygen atoms in total. The number of aliphatic carboxylic acids is 1. The van der Waals surface area contributed by atoms with Gasteiger partial charge in [0.1, 0.15) is 0 Å². The van der Waals surface area contributed by atoms with Crippen LogP contribution in [0.5, 0.6) is 0 Å². The van der Waals surface area contributed by atoms with E-state index in [1.807, 2.05) is 13.8 Å². The van der Waals surface area contributed by atoms with Crippen molar-refractivity contribution in [3.8, 4) is 0 Å². The molecule has 1 N–H and O–H groups in total. The minimum Gasteiger partial charge on any atom is -0.481 e. The zero-order valence-electron chi connectivity index (χ0n) is 13.9. The van der Waals surface area contributed by atoms with Crippen LogP contribution in [0.25, 0.3) is 5.57 Å². The van der Waals surface area contributed by atoms with Gasteiger partial charge in [0.2, 0.25) is 0 Å². The van der Waals surface area contributed by atoms with Crippen molar-refractivity contribution in [1.82, 2.24) is 0 Å². The summed E-state index contributed by atoms with van der Waals surface area (Å²) in [6.45, 7) is 10.3. The molecule has 118 valence electrons. The Kier molecular flexibility index (Phi) is 3.47. The van der Waals surface area contributed by atoms with Crippen LogP contribution in [0.15, 0.2) is 24.8 Å². The van der Waals surface area contributed by atoms with Crippen molar-refractivity contribution < 1.29 is 9.90 Å². The van der Waals surface area contributed by atoms with Crippen LogP contribution in [0.2, 0.25) is 0 Å². The van der Waals surface area contributed by atoms with Gasteiger partial charge in [0.15, 0.2) is 0 Å². The number of carboxylic acids is 1. The number of aryl methyl sites for hydroxylation is 1. The summed E-state index contributed by atoms with van der Waals surface area (Å²) in [6, 6.07) is 6.66. The second-order valence-electron chi connectivity index (χ2n) is 7.74. The maximum Gasteiger partial charge on any atom is 0.309 e. The molecule has 2 aliphatic rings. The average molecular weight is 298 g/mol. The molecule has 1 aromatic rings. The van der Waals surface area contributed by atoms with E-state index in [4.69, 9.17) is 0 Å². The van der Waals surface area contributed by atoms with Gasteiger partial charge in [-0.3, -0.25) is 4.79 Å². The highest BCUT2D eigenvalue weighted by Gasteiger charge is 2.55. The molecule has 1 aromatic carbocycles. The molecule has 1 saturated carbocycles. The summed E-state index contributed by atoms with van der Waals surface area (Å²) in [5, 5.41) is 9.80. The molecule has 3 unspecified atom stereocenters. The molecule has 3 atom stereocenters. The van der Waals surface area contributed by atoms with Gasteiger partial charge in [-0.25, -0.2) is 0 Å². The fourth-order valence-corrected chi connectivity index (χ4v) is 5.01. The lowest BCUT2D eigenvalue weighted by molar-refractivity contribution is -0.157. The Hall–Kier alpha value is -1.57. The van der Waals surface area contributed by atoms with Crippen molar-refractivity contribution >= 4 is 11.5 Å². The fraction of sp³-hybridized carbons (Fsp3) is 0.550. The molecule has 0 heterocycles. The number of hydrogen-bond donors (Lipinski definition) is 1. The van der Waals surface area contributed by atoms with Gasteiger partial charge in [-0.05, 0) is 67.6 Å². The maximum absolute atomic E-state index is 11.9. The van der Waals surface area contributed by atoms with Crippen molar-refractivity contribution in [2.24, 2.45) is 11.3 Å². The molecule has 1 fully saturated rings. The number of carbonyl (C=O) groups is 1. The van der Waals surface area contributed by atoms with E-state index < -0.39 is 11.4 Å². The van der Waals surface area contributed by atoms with Crippen LogP contribution in [0, 0.1) is 11.3 Å². The minimum atomic E-state index is -0.620. The lowest BCUT2D eigenvalue weighted by Crippen LogP contribution is -2.52. The van der Waals surface area contributed by atoms with E-state index in [1.165, 1.54) is 16.7 Å². The molecule has 0 radical (unpaired) electrons. The Morgan fingerprint density at radius 2 is 2.05 bits per heavy atom. The van der Waals surface area contributed by atoms with Crippen LogP contribution in [0.1, 0.15) is 63.1 Å². The van der Waals surface area contributed by atoms with E-state index in [0.29, 0.717) is 0 Å². The minimum absolute atomic E-state index is 0.00736. The first-order valence-corrected chi connectivity index (χ1v) is 8.32. The van der Waals surface area contributed by atoms with Gasteiger partial charge in [0.05, 0.1) is 5.41 Å². The van der Waals surface area contributed by atoms with Crippen LogP contribution >= 0.6 is 0 Å². The van der Waals surface area contributed by atoms with Crippen molar-refractivity contribution in [3.05, 3.63) is 41.5 Å². The molecule has 3 rings (SSSR count). The molecule has 0 amide bonds. The summed E-state index contributed by atoms with van der Waals surface area (Å²) in [4.78, 5) is 11.9. The van der Waals surface area contributed by atoms with Gasteiger partial charge in [-0.1, -0.05) is 43.7 Å². The Balaban J connectivity index is 2.09. The molecule has 0 aliphatic heterocycles. The molecular formula is C20H26O2.